The number of benzene rings is 2. The molecule has 1 aliphatic rings. The minimum atomic E-state index is 0.174. The van der Waals surface area contributed by atoms with Crippen LogP contribution in [0.5, 0.6) is 0 Å². The van der Waals surface area contributed by atoms with E-state index < -0.39 is 0 Å². The fourth-order valence-corrected chi connectivity index (χ4v) is 2.76. The van der Waals surface area contributed by atoms with Crippen molar-refractivity contribution in [3.63, 3.8) is 0 Å². The highest BCUT2D eigenvalue weighted by molar-refractivity contribution is 5.64. The average molecular weight is 289 g/mol. The molecular formula is C21H23N. The highest BCUT2D eigenvalue weighted by Gasteiger charge is 2.20. The number of dihydropyridines is 1. The third kappa shape index (κ3) is 3.14. The maximum atomic E-state index is 3.46. The molecule has 0 aromatic heterocycles. The standard InChI is InChI=1S/C21H23N/c1-21(2,3)19-12-13-22-20(15-19)18-11-7-10-17(14-18)16-8-5-4-6-9-16/h4-15,20,22H,1-3H3. The van der Waals surface area contributed by atoms with Gasteiger partial charge in [0, 0.05) is 0 Å². The molecule has 3 rings (SSSR count). The Morgan fingerprint density at radius 1 is 0.864 bits per heavy atom. The average Bonchev–Trinajstić information content (AvgIpc) is 2.55. The molecule has 2 aromatic rings. The summed E-state index contributed by atoms with van der Waals surface area (Å²) in [7, 11) is 0. The Kier molecular flexibility index (Phi) is 3.89. The summed E-state index contributed by atoms with van der Waals surface area (Å²) in [6, 6.07) is 19.6. The molecule has 1 atom stereocenters. The molecule has 0 amide bonds. The van der Waals surface area contributed by atoms with Gasteiger partial charge in [-0.1, -0.05) is 75.4 Å². The highest BCUT2D eigenvalue weighted by Crippen LogP contribution is 2.32. The quantitative estimate of drug-likeness (QED) is 0.771. The summed E-state index contributed by atoms with van der Waals surface area (Å²) in [6.45, 7) is 6.77. The minimum Gasteiger partial charge on any atom is -0.381 e. The first-order valence-electron chi connectivity index (χ1n) is 7.84. The predicted molar refractivity (Wildman–Crippen MR) is 94.4 cm³/mol. The molecule has 1 heterocycles. The molecule has 2 aromatic carbocycles. The Balaban J connectivity index is 1.93. The first-order valence-corrected chi connectivity index (χ1v) is 7.84. The Bertz CT molecular complexity index is 702. The van der Waals surface area contributed by atoms with Gasteiger partial charge < -0.3 is 5.32 Å². The van der Waals surface area contributed by atoms with Crippen molar-refractivity contribution in [2.24, 2.45) is 5.41 Å². The Labute approximate surface area is 133 Å². The highest BCUT2D eigenvalue weighted by atomic mass is 14.9. The summed E-state index contributed by atoms with van der Waals surface area (Å²) in [5.74, 6) is 0. The van der Waals surface area contributed by atoms with Crippen LogP contribution in [0.15, 0.2) is 78.5 Å². The van der Waals surface area contributed by atoms with Crippen LogP contribution in [0.4, 0.5) is 0 Å². The van der Waals surface area contributed by atoms with Gasteiger partial charge in [0.15, 0.2) is 0 Å². The smallest absolute Gasteiger partial charge is 0.0698 e. The molecule has 0 saturated heterocycles. The monoisotopic (exact) mass is 289 g/mol. The summed E-state index contributed by atoms with van der Waals surface area (Å²) in [5.41, 5.74) is 5.37. The molecule has 0 bridgehead atoms. The molecule has 0 saturated carbocycles. The molecule has 0 spiro atoms. The van der Waals surface area contributed by atoms with Gasteiger partial charge in [0.25, 0.3) is 0 Å². The third-order valence-electron chi connectivity index (χ3n) is 4.10. The number of allylic oxidation sites excluding steroid dienone is 2. The van der Waals surface area contributed by atoms with E-state index in [4.69, 9.17) is 0 Å². The lowest BCUT2D eigenvalue weighted by Gasteiger charge is -2.27. The molecule has 22 heavy (non-hydrogen) atoms. The summed E-state index contributed by atoms with van der Waals surface area (Å²) in [5, 5.41) is 3.46. The Morgan fingerprint density at radius 3 is 2.32 bits per heavy atom. The first-order chi connectivity index (χ1) is 10.5. The lowest BCUT2D eigenvalue weighted by molar-refractivity contribution is 0.505. The Morgan fingerprint density at radius 2 is 1.59 bits per heavy atom. The van der Waals surface area contributed by atoms with Gasteiger partial charge in [0.1, 0.15) is 0 Å². The van der Waals surface area contributed by atoms with E-state index in [1.807, 2.05) is 0 Å². The van der Waals surface area contributed by atoms with Crippen molar-refractivity contribution in [2.45, 2.75) is 26.8 Å². The summed E-state index contributed by atoms with van der Waals surface area (Å²) >= 11 is 0. The van der Waals surface area contributed by atoms with Crippen molar-refractivity contribution >= 4 is 0 Å². The summed E-state index contributed by atoms with van der Waals surface area (Å²) in [6.07, 6.45) is 6.59. The SMILES string of the molecule is CC(C)(C)C1=CC(c2cccc(-c3ccccc3)c2)NC=C1. The zero-order chi connectivity index (χ0) is 15.6. The predicted octanol–water partition coefficient (Wildman–Crippen LogP) is 5.48. The Hall–Kier alpha value is -2.28. The van der Waals surface area contributed by atoms with Gasteiger partial charge in [0.05, 0.1) is 6.04 Å². The molecule has 1 N–H and O–H groups in total. The molecule has 0 aliphatic carbocycles. The van der Waals surface area contributed by atoms with E-state index in [0.29, 0.717) is 0 Å². The number of hydrogen-bond acceptors (Lipinski definition) is 1. The molecule has 1 nitrogen and oxygen atoms in total. The van der Waals surface area contributed by atoms with Crippen LogP contribution in [0, 0.1) is 5.41 Å². The van der Waals surface area contributed by atoms with Crippen LogP contribution in [0.25, 0.3) is 11.1 Å². The van der Waals surface area contributed by atoms with Gasteiger partial charge in [-0.3, -0.25) is 0 Å². The number of rotatable bonds is 2. The number of hydrogen-bond donors (Lipinski definition) is 1. The normalized spacial score (nSPS) is 17.8. The third-order valence-corrected chi connectivity index (χ3v) is 4.10. The van der Waals surface area contributed by atoms with Crippen molar-refractivity contribution in [3.05, 3.63) is 84.1 Å². The largest absolute Gasteiger partial charge is 0.381 e. The molecule has 1 unspecified atom stereocenters. The van der Waals surface area contributed by atoms with Crippen LogP contribution in [0.2, 0.25) is 0 Å². The van der Waals surface area contributed by atoms with Crippen LogP contribution in [0.3, 0.4) is 0 Å². The molecule has 1 heteroatoms. The van der Waals surface area contributed by atoms with Crippen LogP contribution in [-0.2, 0) is 0 Å². The fraction of sp³-hybridized carbons (Fsp3) is 0.238. The lowest BCUT2D eigenvalue weighted by Crippen LogP contribution is -2.20. The van der Waals surface area contributed by atoms with Crippen molar-refractivity contribution in [3.8, 4) is 11.1 Å². The van der Waals surface area contributed by atoms with E-state index in [0.717, 1.165) is 0 Å². The first kappa shape index (κ1) is 14.6. The topological polar surface area (TPSA) is 12.0 Å². The van der Waals surface area contributed by atoms with E-state index in [1.54, 1.807) is 0 Å². The van der Waals surface area contributed by atoms with E-state index in [-0.39, 0.29) is 11.5 Å². The van der Waals surface area contributed by atoms with Crippen LogP contribution in [-0.4, -0.2) is 0 Å². The lowest BCUT2D eigenvalue weighted by atomic mass is 9.83. The molecule has 0 radical (unpaired) electrons. The second-order valence-electron chi connectivity index (χ2n) is 6.84. The van der Waals surface area contributed by atoms with Crippen molar-refractivity contribution in [1.82, 2.24) is 5.32 Å². The maximum Gasteiger partial charge on any atom is 0.0698 e. The summed E-state index contributed by atoms with van der Waals surface area (Å²) in [4.78, 5) is 0. The molecule has 112 valence electrons. The zero-order valence-electron chi connectivity index (χ0n) is 13.5. The summed E-state index contributed by atoms with van der Waals surface area (Å²) < 4.78 is 0. The van der Waals surface area contributed by atoms with Crippen LogP contribution >= 0.6 is 0 Å². The molecular weight excluding hydrogens is 266 g/mol. The second-order valence-corrected chi connectivity index (χ2v) is 6.84. The maximum absolute atomic E-state index is 3.46. The van der Waals surface area contributed by atoms with Gasteiger partial charge in [-0.2, -0.15) is 0 Å². The number of nitrogens with one attached hydrogen (secondary N) is 1. The van der Waals surface area contributed by atoms with Crippen LogP contribution in [0.1, 0.15) is 32.4 Å². The zero-order valence-corrected chi connectivity index (χ0v) is 13.5. The van der Waals surface area contributed by atoms with Gasteiger partial charge in [0.2, 0.25) is 0 Å². The van der Waals surface area contributed by atoms with Gasteiger partial charge >= 0.3 is 0 Å². The van der Waals surface area contributed by atoms with Crippen molar-refractivity contribution < 1.29 is 0 Å². The second kappa shape index (κ2) is 5.84. The minimum absolute atomic E-state index is 0.174. The van der Waals surface area contributed by atoms with E-state index in [2.05, 4.69) is 99.0 Å². The van der Waals surface area contributed by atoms with Gasteiger partial charge in [-0.05, 0) is 46.0 Å². The van der Waals surface area contributed by atoms with Crippen LogP contribution < -0.4 is 5.32 Å². The molecule has 1 aliphatic heterocycles. The van der Waals surface area contributed by atoms with Gasteiger partial charge in [-0.15, -0.1) is 0 Å². The van der Waals surface area contributed by atoms with Gasteiger partial charge in [-0.25, -0.2) is 0 Å². The van der Waals surface area contributed by atoms with E-state index >= 15 is 0 Å². The molecule has 0 fully saturated rings. The fourth-order valence-electron chi connectivity index (χ4n) is 2.76. The van der Waals surface area contributed by atoms with E-state index in [1.165, 1.54) is 22.3 Å². The van der Waals surface area contributed by atoms with Crippen molar-refractivity contribution in [1.29, 1.82) is 0 Å². The van der Waals surface area contributed by atoms with E-state index in [9.17, 15) is 0 Å². The van der Waals surface area contributed by atoms with Crippen molar-refractivity contribution in [2.75, 3.05) is 0 Å².